The number of imidazole rings is 2. The van der Waals surface area contributed by atoms with Crippen LogP contribution in [0.25, 0.3) is 33.5 Å². The van der Waals surface area contributed by atoms with Gasteiger partial charge >= 0.3 is 0 Å². The quantitative estimate of drug-likeness (QED) is 0.505. The maximum absolute atomic E-state index is 12.3. The minimum Gasteiger partial charge on any atom is -0.333 e. The summed E-state index contributed by atoms with van der Waals surface area (Å²) in [7, 11) is 1.90. The molecule has 3 aromatic heterocycles. The Balaban J connectivity index is 2.11. The highest BCUT2D eigenvalue weighted by atomic mass is 35.5. The Kier molecular flexibility index (Phi) is 2.81. The average Bonchev–Trinajstić information content (AvgIpc) is 3.29. The minimum atomic E-state index is -0.210. The summed E-state index contributed by atoms with van der Waals surface area (Å²) in [6.45, 7) is 0. The van der Waals surface area contributed by atoms with Gasteiger partial charge < -0.3 is 9.55 Å². The van der Waals surface area contributed by atoms with Crippen LogP contribution in [0.3, 0.4) is 0 Å². The lowest BCUT2D eigenvalue weighted by atomic mass is 10.2. The van der Waals surface area contributed by atoms with E-state index < -0.39 is 0 Å². The third-order valence-corrected chi connectivity index (χ3v) is 4.81. The first kappa shape index (κ1) is 14.2. The number of halogens is 1. The van der Waals surface area contributed by atoms with Gasteiger partial charge in [-0.15, -0.1) is 0 Å². The summed E-state index contributed by atoms with van der Waals surface area (Å²) in [4.78, 5) is 23.6. The van der Waals surface area contributed by atoms with Gasteiger partial charge in [-0.05, 0) is 11.5 Å². The van der Waals surface area contributed by atoms with Crippen LogP contribution in [0.5, 0.6) is 0 Å². The largest absolute Gasteiger partial charge is 0.333 e. The number of aromatic amines is 1. The zero-order valence-electron chi connectivity index (χ0n) is 13.2. The van der Waals surface area contributed by atoms with E-state index >= 15 is 0 Å². The number of aryl methyl sites for hydroxylation is 1. The zero-order valence-corrected chi connectivity index (χ0v) is 13.9. The van der Waals surface area contributed by atoms with E-state index in [9.17, 15) is 4.79 Å². The summed E-state index contributed by atoms with van der Waals surface area (Å²) >= 11 is 6.25. The number of nitrogens with one attached hydrogen (secondary N) is 1. The molecule has 25 heavy (non-hydrogen) atoms. The van der Waals surface area contributed by atoms with Crippen molar-refractivity contribution in [2.24, 2.45) is 7.05 Å². The summed E-state index contributed by atoms with van der Waals surface area (Å²) < 4.78 is 3.69. The van der Waals surface area contributed by atoms with E-state index in [1.165, 1.54) is 0 Å². The van der Waals surface area contributed by atoms with E-state index in [-0.39, 0.29) is 5.56 Å². The van der Waals surface area contributed by atoms with Crippen molar-refractivity contribution in [2.75, 3.05) is 0 Å². The first-order chi connectivity index (χ1) is 12.1. The molecular formula is C18H12ClN5O. The lowest BCUT2D eigenvalue weighted by Gasteiger charge is -1.99. The van der Waals surface area contributed by atoms with E-state index in [4.69, 9.17) is 11.6 Å². The molecule has 0 bridgehead atoms. The Morgan fingerprint density at radius 3 is 2.76 bits per heavy atom. The second kappa shape index (κ2) is 4.94. The van der Waals surface area contributed by atoms with Crippen molar-refractivity contribution in [3.8, 4) is 0 Å². The third kappa shape index (κ3) is 1.88. The molecule has 5 rings (SSSR count). The molecule has 122 valence electrons. The molecule has 5 aromatic rings. The smallest absolute Gasteiger partial charge is 0.292 e. The molecule has 3 heterocycles. The molecule has 0 aliphatic rings. The number of benzene rings is 1. The summed E-state index contributed by atoms with van der Waals surface area (Å²) in [6, 6.07) is 7.97. The minimum absolute atomic E-state index is 0.210. The first-order valence-corrected chi connectivity index (χ1v) is 8.11. The van der Waals surface area contributed by atoms with Crippen LogP contribution < -0.4 is 10.8 Å². The second-order valence-electron chi connectivity index (χ2n) is 5.93. The predicted molar refractivity (Wildman–Crippen MR) is 97.8 cm³/mol. The lowest BCUT2D eigenvalue weighted by molar-refractivity contribution is 0.902. The molecule has 0 amide bonds. The molecule has 0 spiro atoms. The van der Waals surface area contributed by atoms with Gasteiger partial charge in [0.15, 0.2) is 5.15 Å². The summed E-state index contributed by atoms with van der Waals surface area (Å²) in [5.74, 6) is 0. The normalized spacial score (nSPS) is 12.8. The fraction of sp³-hybridized carbons (Fsp3) is 0.0556. The summed E-state index contributed by atoms with van der Waals surface area (Å²) in [5.41, 5.74) is 2.65. The van der Waals surface area contributed by atoms with Gasteiger partial charge in [-0.1, -0.05) is 35.9 Å². The van der Waals surface area contributed by atoms with Gasteiger partial charge in [0.25, 0.3) is 5.56 Å². The van der Waals surface area contributed by atoms with E-state index in [1.54, 1.807) is 18.7 Å². The Labute approximate surface area is 146 Å². The monoisotopic (exact) mass is 349 g/mol. The summed E-state index contributed by atoms with van der Waals surface area (Å²) in [6.07, 6.45) is 7.10. The Morgan fingerprint density at radius 1 is 1.20 bits per heavy atom. The molecule has 1 N–H and O–H groups in total. The fourth-order valence-electron chi connectivity index (χ4n) is 3.38. The van der Waals surface area contributed by atoms with Crippen molar-refractivity contribution < 1.29 is 0 Å². The Morgan fingerprint density at radius 2 is 2.00 bits per heavy atom. The maximum Gasteiger partial charge on any atom is 0.292 e. The molecule has 0 saturated carbocycles. The fourth-order valence-corrected chi connectivity index (χ4v) is 3.61. The molecule has 0 aliphatic heterocycles. The van der Waals surface area contributed by atoms with Crippen LogP contribution >= 0.6 is 11.6 Å². The standard InChI is InChI=1S/C18H12ClN5O/c1-23-9-21-16(19)13(23)8-12-10-4-2-3-5-11(10)14-15(12)24-7-6-20-17(24)18(25)22-14/h2-9H,1H3,(H,22,25)/b12-8+. The van der Waals surface area contributed by atoms with Crippen LogP contribution in [0.1, 0.15) is 5.69 Å². The van der Waals surface area contributed by atoms with Crippen molar-refractivity contribution in [3.05, 3.63) is 69.4 Å². The number of H-pyrrole nitrogens is 1. The highest BCUT2D eigenvalue weighted by molar-refractivity contribution is 6.30. The van der Waals surface area contributed by atoms with Crippen molar-refractivity contribution >= 4 is 45.1 Å². The highest BCUT2D eigenvalue weighted by Crippen LogP contribution is 2.23. The number of hydrogen-bond acceptors (Lipinski definition) is 3. The molecule has 0 atom stereocenters. The summed E-state index contributed by atoms with van der Waals surface area (Å²) in [5, 5.41) is 3.42. The number of hydrogen-bond donors (Lipinski definition) is 1. The van der Waals surface area contributed by atoms with Gasteiger partial charge in [0, 0.05) is 30.0 Å². The van der Waals surface area contributed by atoms with E-state index in [0.717, 1.165) is 32.7 Å². The SMILES string of the molecule is Cn1cnc(Cl)c1/C=c1\c2ccccc2c2[nH]c(=O)c3nccn3c12. The first-order valence-electron chi connectivity index (χ1n) is 7.73. The number of rotatable bonds is 1. The molecule has 6 nitrogen and oxygen atoms in total. The number of fused-ring (bicyclic) bond motifs is 5. The lowest BCUT2D eigenvalue weighted by Crippen LogP contribution is -2.13. The van der Waals surface area contributed by atoms with Crippen molar-refractivity contribution in [3.63, 3.8) is 0 Å². The molecule has 7 heteroatoms. The molecule has 0 radical (unpaired) electrons. The van der Waals surface area contributed by atoms with E-state index in [1.807, 2.05) is 46.4 Å². The highest BCUT2D eigenvalue weighted by Gasteiger charge is 2.14. The van der Waals surface area contributed by atoms with Gasteiger partial charge in [-0.3, -0.25) is 9.20 Å². The molecule has 2 aromatic carbocycles. The van der Waals surface area contributed by atoms with Gasteiger partial charge in [-0.2, -0.15) is 0 Å². The van der Waals surface area contributed by atoms with Crippen LogP contribution in [0.2, 0.25) is 5.15 Å². The van der Waals surface area contributed by atoms with Crippen LogP contribution in [0.4, 0.5) is 0 Å². The second-order valence-corrected chi connectivity index (χ2v) is 6.29. The molecular weight excluding hydrogens is 338 g/mol. The van der Waals surface area contributed by atoms with Gasteiger partial charge in [0.05, 0.1) is 23.1 Å². The molecule has 0 aliphatic carbocycles. The zero-order chi connectivity index (χ0) is 17.1. The Hall–Kier alpha value is -3.12. The number of nitrogens with zero attached hydrogens (tertiary/aromatic N) is 4. The third-order valence-electron chi connectivity index (χ3n) is 4.52. The van der Waals surface area contributed by atoms with Gasteiger partial charge in [-0.25, -0.2) is 9.97 Å². The van der Waals surface area contributed by atoms with E-state index in [2.05, 4.69) is 15.0 Å². The number of aromatic nitrogens is 5. The molecule has 0 saturated heterocycles. The average molecular weight is 350 g/mol. The van der Waals surface area contributed by atoms with Crippen molar-refractivity contribution in [1.82, 2.24) is 23.9 Å². The van der Waals surface area contributed by atoms with E-state index in [0.29, 0.717) is 10.8 Å². The predicted octanol–water partition coefficient (Wildman–Crippen LogP) is 2.26. The van der Waals surface area contributed by atoms with Crippen LogP contribution in [0, 0.1) is 0 Å². The van der Waals surface area contributed by atoms with Crippen LogP contribution in [-0.4, -0.2) is 23.9 Å². The van der Waals surface area contributed by atoms with Crippen LogP contribution in [-0.2, 0) is 7.05 Å². The van der Waals surface area contributed by atoms with Gasteiger partial charge in [0.2, 0.25) is 5.65 Å². The topological polar surface area (TPSA) is 68.0 Å². The Bertz CT molecular complexity index is 1370. The molecule has 0 unspecified atom stereocenters. The molecule has 0 fully saturated rings. The van der Waals surface area contributed by atoms with Crippen molar-refractivity contribution in [2.45, 2.75) is 0 Å². The maximum atomic E-state index is 12.3. The van der Waals surface area contributed by atoms with Crippen LogP contribution in [0.15, 0.2) is 47.8 Å². The van der Waals surface area contributed by atoms with Crippen molar-refractivity contribution in [1.29, 1.82) is 0 Å². The van der Waals surface area contributed by atoms with Gasteiger partial charge in [0.1, 0.15) is 0 Å².